The number of nitrogens with one attached hydrogen (secondary N) is 1. The third-order valence-electron chi connectivity index (χ3n) is 4.62. The highest BCUT2D eigenvalue weighted by Crippen LogP contribution is 2.49. The molecule has 1 saturated carbocycles. The second-order valence-corrected chi connectivity index (χ2v) is 6.35. The molecule has 0 aromatic carbocycles. The van der Waals surface area contributed by atoms with Crippen molar-refractivity contribution < 1.29 is 13.2 Å². The van der Waals surface area contributed by atoms with Crippen LogP contribution in [0, 0.1) is 11.3 Å². The molecule has 0 bridgehead atoms. The summed E-state index contributed by atoms with van der Waals surface area (Å²) in [5, 5.41) is 6.76. The molecule has 1 N–H and O–H groups in total. The maximum atomic E-state index is 12.6. The molecule has 1 aliphatic carbocycles. The van der Waals surface area contributed by atoms with Gasteiger partial charge in [0, 0.05) is 19.3 Å². The highest BCUT2D eigenvalue weighted by molar-refractivity contribution is 5.41. The molecule has 4 rings (SSSR count). The van der Waals surface area contributed by atoms with Gasteiger partial charge in [0.15, 0.2) is 5.65 Å². The number of hydrogen-bond donors (Lipinski definition) is 1. The van der Waals surface area contributed by atoms with Crippen LogP contribution in [0.1, 0.15) is 24.2 Å². The zero-order chi connectivity index (χ0) is 14.7. The molecule has 7 heteroatoms. The fourth-order valence-corrected chi connectivity index (χ4v) is 3.58. The second kappa shape index (κ2) is 4.19. The molecule has 4 nitrogen and oxygen atoms in total. The molecule has 0 atom stereocenters. The van der Waals surface area contributed by atoms with E-state index in [4.69, 9.17) is 0 Å². The Labute approximate surface area is 119 Å². The highest BCUT2D eigenvalue weighted by atomic mass is 19.4. The van der Waals surface area contributed by atoms with Crippen LogP contribution in [0.25, 0.3) is 5.65 Å². The Hall–Kier alpha value is -1.63. The number of nitrogens with zero attached hydrogens (tertiary/aromatic N) is 3. The van der Waals surface area contributed by atoms with Gasteiger partial charge in [-0.2, -0.15) is 13.2 Å². The van der Waals surface area contributed by atoms with E-state index in [1.165, 1.54) is 17.4 Å². The molecule has 1 saturated heterocycles. The fraction of sp³-hybridized carbons (Fsp3) is 0.571. The molecule has 21 heavy (non-hydrogen) atoms. The maximum absolute atomic E-state index is 12.6. The third-order valence-corrected chi connectivity index (χ3v) is 4.62. The van der Waals surface area contributed by atoms with Crippen LogP contribution < -0.4 is 5.32 Å². The molecule has 0 amide bonds. The Balaban J connectivity index is 1.51. The summed E-state index contributed by atoms with van der Waals surface area (Å²) < 4.78 is 38.9. The summed E-state index contributed by atoms with van der Waals surface area (Å²) in [5.74, 6) is -0.442. The van der Waals surface area contributed by atoms with Gasteiger partial charge in [-0.15, -0.1) is 5.10 Å². The summed E-state index contributed by atoms with van der Waals surface area (Å²) >= 11 is 0. The highest BCUT2D eigenvalue weighted by Gasteiger charge is 2.47. The topological polar surface area (TPSA) is 42.2 Å². The van der Waals surface area contributed by atoms with E-state index in [2.05, 4.69) is 15.4 Å². The molecule has 2 aromatic rings. The van der Waals surface area contributed by atoms with Gasteiger partial charge in [-0.3, -0.25) is 0 Å². The molecule has 2 fully saturated rings. The van der Waals surface area contributed by atoms with E-state index in [1.807, 2.05) is 6.07 Å². The lowest BCUT2D eigenvalue weighted by Crippen LogP contribution is -2.60. The van der Waals surface area contributed by atoms with E-state index in [1.54, 1.807) is 12.3 Å². The van der Waals surface area contributed by atoms with E-state index in [9.17, 15) is 13.2 Å². The second-order valence-electron chi connectivity index (χ2n) is 6.35. The summed E-state index contributed by atoms with van der Waals surface area (Å²) in [6.07, 6.45) is 0.403. The van der Waals surface area contributed by atoms with Crippen molar-refractivity contribution in [2.45, 2.75) is 25.4 Å². The number of alkyl halides is 3. The fourth-order valence-electron chi connectivity index (χ4n) is 3.58. The van der Waals surface area contributed by atoms with E-state index in [0.29, 0.717) is 11.3 Å². The first-order valence-corrected chi connectivity index (χ1v) is 7.07. The summed E-state index contributed by atoms with van der Waals surface area (Å²) in [6, 6.07) is 3.55. The van der Waals surface area contributed by atoms with Crippen molar-refractivity contribution in [3.8, 4) is 0 Å². The minimum absolute atomic E-state index is 0.263. The summed E-state index contributed by atoms with van der Waals surface area (Å²) in [6.45, 7) is 2.23. The van der Waals surface area contributed by atoms with Crippen molar-refractivity contribution in [3.63, 3.8) is 0 Å². The van der Waals surface area contributed by atoms with Crippen molar-refractivity contribution in [2.24, 2.45) is 11.3 Å². The van der Waals surface area contributed by atoms with Crippen LogP contribution in [-0.2, 0) is 12.6 Å². The van der Waals surface area contributed by atoms with Crippen LogP contribution in [0.15, 0.2) is 18.3 Å². The van der Waals surface area contributed by atoms with Gasteiger partial charge in [-0.1, -0.05) is 0 Å². The molecule has 2 aromatic heterocycles. The van der Waals surface area contributed by atoms with Crippen LogP contribution >= 0.6 is 0 Å². The number of pyridine rings is 1. The molecule has 1 aliphatic heterocycles. The lowest BCUT2D eigenvalue weighted by molar-refractivity contribution is -0.144. The van der Waals surface area contributed by atoms with Crippen LogP contribution in [0.2, 0.25) is 0 Å². The molecule has 112 valence electrons. The van der Waals surface area contributed by atoms with Gasteiger partial charge < -0.3 is 5.32 Å². The van der Waals surface area contributed by atoms with Crippen molar-refractivity contribution in [1.29, 1.82) is 0 Å². The normalized spacial score (nSPS) is 21.5. The molecule has 3 heterocycles. The smallest absolute Gasteiger partial charge is 0.316 e. The lowest BCUT2D eigenvalue weighted by atomic mass is 9.57. The molecule has 2 aliphatic rings. The summed E-state index contributed by atoms with van der Waals surface area (Å²) in [4.78, 5) is 3.57. The lowest BCUT2D eigenvalue weighted by Gasteiger charge is -2.54. The van der Waals surface area contributed by atoms with E-state index < -0.39 is 12.0 Å². The molecule has 1 spiro atoms. The Morgan fingerprint density at radius 1 is 1.33 bits per heavy atom. The Morgan fingerprint density at radius 2 is 2.10 bits per heavy atom. The van der Waals surface area contributed by atoms with Crippen molar-refractivity contribution in [3.05, 3.63) is 29.7 Å². The first kappa shape index (κ1) is 13.1. The average molecular weight is 296 g/mol. The summed E-state index contributed by atoms with van der Waals surface area (Å²) in [5.41, 5.74) is 1.82. The molecular weight excluding hydrogens is 281 g/mol. The van der Waals surface area contributed by atoms with Crippen LogP contribution in [-0.4, -0.2) is 27.7 Å². The quantitative estimate of drug-likeness (QED) is 0.924. The predicted molar refractivity (Wildman–Crippen MR) is 69.7 cm³/mol. The van der Waals surface area contributed by atoms with E-state index in [-0.39, 0.29) is 5.65 Å². The zero-order valence-corrected chi connectivity index (χ0v) is 11.3. The van der Waals surface area contributed by atoms with Gasteiger partial charge in [0.2, 0.25) is 0 Å². The average Bonchev–Trinajstić information content (AvgIpc) is 2.73. The van der Waals surface area contributed by atoms with Crippen molar-refractivity contribution >= 4 is 5.65 Å². The van der Waals surface area contributed by atoms with E-state index >= 15 is 0 Å². The van der Waals surface area contributed by atoms with Gasteiger partial charge in [0.25, 0.3) is 5.82 Å². The molecule has 0 unspecified atom stereocenters. The van der Waals surface area contributed by atoms with Crippen LogP contribution in [0.4, 0.5) is 13.2 Å². The number of hydrogen-bond acceptors (Lipinski definition) is 3. The third kappa shape index (κ3) is 2.19. The minimum atomic E-state index is -4.50. The Kier molecular flexibility index (Phi) is 2.61. The first-order valence-electron chi connectivity index (χ1n) is 7.07. The Morgan fingerprint density at radius 3 is 2.71 bits per heavy atom. The van der Waals surface area contributed by atoms with E-state index in [0.717, 1.165) is 25.1 Å². The summed E-state index contributed by atoms with van der Waals surface area (Å²) in [7, 11) is 0. The van der Waals surface area contributed by atoms with Crippen molar-refractivity contribution in [1.82, 2.24) is 19.9 Å². The Bertz CT molecular complexity index is 679. The van der Waals surface area contributed by atoms with Gasteiger partial charge in [0.1, 0.15) is 0 Å². The van der Waals surface area contributed by atoms with Crippen LogP contribution in [0.5, 0.6) is 0 Å². The number of halogens is 3. The number of aromatic nitrogens is 3. The minimum Gasteiger partial charge on any atom is -0.316 e. The van der Waals surface area contributed by atoms with Gasteiger partial charge in [0.05, 0.1) is 0 Å². The maximum Gasteiger partial charge on any atom is 0.453 e. The first-order chi connectivity index (χ1) is 9.94. The number of rotatable bonds is 2. The van der Waals surface area contributed by atoms with Crippen LogP contribution in [0.3, 0.4) is 0 Å². The van der Waals surface area contributed by atoms with Gasteiger partial charge in [-0.05, 0) is 48.3 Å². The molecular formula is C14H15F3N4. The number of fused-ring (bicyclic) bond motifs is 1. The standard InChI is InChI=1S/C14H15F3N4/c15-14(16,17)12-19-11-4-9(1-2-21(11)20-12)3-10-5-13(6-10)7-18-8-13/h1-2,4,10,18H,3,5-8H2. The largest absolute Gasteiger partial charge is 0.453 e. The monoisotopic (exact) mass is 296 g/mol. The van der Waals surface area contributed by atoms with Gasteiger partial charge in [-0.25, -0.2) is 9.50 Å². The SMILES string of the molecule is FC(F)(F)c1nc2cc(CC3CC4(CNC4)C3)ccn2n1. The predicted octanol–water partition coefficient (Wildman–Crippen LogP) is 2.29. The molecule has 0 radical (unpaired) electrons. The zero-order valence-electron chi connectivity index (χ0n) is 11.3. The van der Waals surface area contributed by atoms with Gasteiger partial charge >= 0.3 is 6.18 Å². The van der Waals surface area contributed by atoms with Crippen molar-refractivity contribution in [2.75, 3.05) is 13.1 Å².